The molecule has 1 aromatic carbocycles. The molecule has 32 heavy (non-hydrogen) atoms. The zero-order valence-corrected chi connectivity index (χ0v) is 18.7. The van der Waals surface area contributed by atoms with Crippen molar-refractivity contribution in [2.24, 2.45) is 0 Å². The average Bonchev–Trinajstić information content (AvgIpc) is 3.32. The summed E-state index contributed by atoms with van der Waals surface area (Å²) in [5, 5.41) is 10.8. The molecule has 4 rings (SSSR count). The quantitative estimate of drug-likeness (QED) is 0.614. The summed E-state index contributed by atoms with van der Waals surface area (Å²) < 4.78 is 6.94. The Kier molecular flexibility index (Phi) is 6.01. The summed E-state index contributed by atoms with van der Waals surface area (Å²) in [6.45, 7) is 5.25. The number of amides is 1. The highest BCUT2D eigenvalue weighted by Crippen LogP contribution is 2.30. The van der Waals surface area contributed by atoms with Crippen molar-refractivity contribution in [1.29, 1.82) is 5.26 Å². The van der Waals surface area contributed by atoms with E-state index in [4.69, 9.17) is 4.42 Å². The first kappa shape index (κ1) is 21.7. The van der Waals surface area contributed by atoms with Crippen LogP contribution in [0.1, 0.15) is 21.7 Å². The summed E-state index contributed by atoms with van der Waals surface area (Å²) >= 11 is 0. The third-order valence-electron chi connectivity index (χ3n) is 5.89. The molecule has 1 saturated heterocycles. The van der Waals surface area contributed by atoms with Crippen molar-refractivity contribution in [3.05, 3.63) is 63.8 Å². The average molecular weight is 434 g/mol. The van der Waals surface area contributed by atoms with Crippen LogP contribution in [0.4, 0.5) is 5.69 Å². The number of hydrogen-bond acceptors (Lipinski definition) is 6. The van der Waals surface area contributed by atoms with Crippen molar-refractivity contribution in [3.8, 4) is 6.07 Å². The van der Waals surface area contributed by atoms with Gasteiger partial charge in [-0.3, -0.25) is 9.59 Å². The monoisotopic (exact) mass is 433 g/mol. The number of benzene rings is 1. The predicted octanol–water partition coefficient (Wildman–Crippen LogP) is 2.30. The number of aryl methyl sites for hydroxylation is 1. The molecule has 0 unspecified atom stereocenters. The Morgan fingerprint density at radius 3 is 2.56 bits per heavy atom. The predicted molar refractivity (Wildman–Crippen MR) is 123 cm³/mol. The summed E-state index contributed by atoms with van der Waals surface area (Å²) in [7, 11) is 3.92. The maximum atomic E-state index is 13.3. The lowest BCUT2D eigenvalue weighted by Crippen LogP contribution is -2.49. The Labute approximate surface area is 186 Å². The minimum absolute atomic E-state index is 0.144. The Bertz CT molecular complexity index is 1230. The minimum atomic E-state index is -0.269. The molecule has 0 radical (unpaired) electrons. The first-order valence-corrected chi connectivity index (χ1v) is 10.7. The van der Waals surface area contributed by atoms with Crippen LogP contribution in [0.15, 0.2) is 45.8 Å². The number of anilines is 1. The molecule has 0 atom stereocenters. The van der Waals surface area contributed by atoms with Gasteiger partial charge in [-0.05, 0) is 45.3 Å². The molecule has 1 aliphatic rings. The Balaban J connectivity index is 1.72. The van der Waals surface area contributed by atoms with Gasteiger partial charge in [-0.1, -0.05) is 11.6 Å². The summed E-state index contributed by atoms with van der Waals surface area (Å²) in [5.41, 5.74) is 2.45. The van der Waals surface area contributed by atoms with Crippen LogP contribution < -0.4 is 10.5 Å². The van der Waals surface area contributed by atoms with Gasteiger partial charge in [0.05, 0.1) is 17.5 Å². The van der Waals surface area contributed by atoms with Gasteiger partial charge in [0.15, 0.2) is 5.76 Å². The number of furan rings is 1. The molecule has 3 aromatic rings. The van der Waals surface area contributed by atoms with Gasteiger partial charge in [-0.15, -0.1) is 0 Å². The van der Waals surface area contributed by atoms with Crippen molar-refractivity contribution in [2.75, 3.05) is 51.7 Å². The Hall–Kier alpha value is -3.57. The molecule has 0 bridgehead atoms. The van der Waals surface area contributed by atoms with Gasteiger partial charge < -0.3 is 23.7 Å². The van der Waals surface area contributed by atoms with Crippen LogP contribution in [0.5, 0.6) is 0 Å². The standard InChI is InChI=1S/C24H27N5O3/c1-17-6-7-20-18(15-17)22(19(16-25)23(30)29(20)13-8-26(2)3)27-9-11-28(12-10-27)24(31)21-5-4-14-32-21/h4-7,14-15H,8-13H2,1-3H3. The van der Waals surface area contributed by atoms with E-state index in [9.17, 15) is 14.9 Å². The number of pyridine rings is 1. The molecule has 3 heterocycles. The summed E-state index contributed by atoms with van der Waals surface area (Å²) in [5.74, 6) is 0.177. The normalized spacial score (nSPS) is 14.2. The third kappa shape index (κ3) is 3.99. The van der Waals surface area contributed by atoms with Crippen molar-refractivity contribution in [2.45, 2.75) is 13.5 Å². The first-order chi connectivity index (χ1) is 15.4. The number of carbonyl (C=O) groups excluding carboxylic acids is 1. The molecule has 0 saturated carbocycles. The Morgan fingerprint density at radius 1 is 1.19 bits per heavy atom. The van der Waals surface area contributed by atoms with Gasteiger partial charge in [0.1, 0.15) is 11.6 Å². The van der Waals surface area contributed by atoms with E-state index in [0.717, 1.165) is 16.5 Å². The van der Waals surface area contributed by atoms with Crippen molar-refractivity contribution >= 4 is 22.5 Å². The largest absolute Gasteiger partial charge is 0.459 e. The van der Waals surface area contributed by atoms with Crippen molar-refractivity contribution < 1.29 is 9.21 Å². The highest BCUT2D eigenvalue weighted by Gasteiger charge is 2.28. The van der Waals surface area contributed by atoms with E-state index in [2.05, 4.69) is 11.0 Å². The highest BCUT2D eigenvalue weighted by atomic mass is 16.3. The molecule has 8 nitrogen and oxygen atoms in total. The van der Waals surface area contributed by atoms with E-state index in [1.807, 2.05) is 44.1 Å². The van der Waals surface area contributed by atoms with Crippen LogP contribution in [-0.4, -0.2) is 67.1 Å². The van der Waals surface area contributed by atoms with E-state index in [-0.39, 0.29) is 17.0 Å². The zero-order chi connectivity index (χ0) is 22.8. The highest BCUT2D eigenvalue weighted by molar-refractivity contribution is 5.96. The molecule has 0 N–H and O–H groups in total. The number of likely N-dealkylation sites (N-methyl/N-ethyl adjacent to an activating group) is 1. The maximum absolute atomic E-state index is 13.3. The molecule has 0 spiro atoms. The number of fused-ring (bicyclic) bond motifs is 1. The molecular formula is C24H27N5O3. The fourth-order valence-electron chi connectivity index (χ4n) is 4.20. The number of aromatic nitrogens is 1. The van der Waals surface area contributed by atoms with Crippen LogP contribution in [0, 0.1) is 18.3 Å². The second-order valence-corrected chi connectivity index (χ2v) is 8.37. The van der Waals surface area contributed by atoms with Crippen LogP contribution in [0.2, 0.25) is 0 Å². The van der Waals surface area contributed by atoms with Crippen LogP contribution in [0.3, 0.4) is 0 Å². The van der Waals surface area contributed by atoms with Gasteiger partial charge in [-0.2, -0.15) is 5.26 Å². The van der Waals surface area contributed by atoms with Crippen molar-refractivity contribution in [3.63, 3.8) is 0 Å². The zero-order valence-electron chi connectivity index (χ0n) is 18.7. The van der Waals surface area contributed by atoms with Gasteiger partial charge in [0.25, 0.3) is 11.5 Å². The molecule has 0 aliphatic carbocycles. The van der Waals surface area contributed by atoms with Crippen molar-refractivity contribution in [1.82, 2.24) is 14.4 Å². The van der Waals surface area contributed by atoms with Crippen LogP contribution in [0.25, 0.3) is 10.9 Å². The fraction of sp³-hybridized carbons (Fsp3) is 0.375. The van der Waals surface area contributed by atoms with Gasteiger partial charge in [-0.25, -0.2) is 0 Å². The van der Waals surface area contributed by atoms with Gasteiger partial charge >= 0.3 is 0 Å². The number of hydrogen-bond donors (Lipinski definition) is 0. The summed E-state index contributed by atoms with van der Waals surface area (Å²) in [6, 6.07) is 11.5. The number of nitriles is 1. The molecular weight excluding hydrogens is 406 g/mol. The Morgan fingerprint density at radius 2 is 1.94 bits per heavy atom. The number of carbonyl (C=O) groups is 1. The third-order valence-corrected chi connectivity index (χ3v) is 5.89. The van der Waals surface area contributed by atoms with Gasteiger partial charge in [0, 0.05) is 44.7 Å². The van der Waals surface area contributed by atoms with Gasteiger partial charge in [0.2, 0.25) is 0 Å². The fourth-order valence-corrected chi connectivity index (χ4v) is 4.20. The smallest absolute Gasteiger partial charge is 0.289 e. The molecule has 1 fully saturated rings. The number of piperazine rings is 1. The minimum Gasteiger partial charge on any atom is -0.459 e. The maximum Gasteiger partial charge on any atom is 0.289 e. The topological polar surface area (TPSA) is 85.7 Å². The van der Waals surface area contributed by atoms with E-state index >= 15 is 0 Å². The second kappa shape index (κ2) is 8.89. The molecule has 166 valence electrons. The van der Waals surface area contributed by atoms with E-state index in [1.54, 1.807) is 21.6 Å². The van der Waals surface area contributed by atoms with E-state index < -0.39 is 0 Å². The molecule has 1 amide bonds. The van der Waals surface area contributed by atoms with E-state index in [1.165, 1.54) is 6.26 Å². The number of rotatable bonds is 5. The SMILES string of the molecule is Cc1ccc2c(c1)c(N1CCN(C(=O)c3ccco3)CC1)c(C#N)c(=O)n2CCN(C)C. The first-order valence-electron chi connectivity index (χ1n) is 10.7. The number of nitrogens with zero attached hydrogens (tertiary/aromatic N) is 5. The summed E-state index contributed by atoms with van der Waals surface area (Å²) in [4.78, 5) is 31.8. The lowest BCUT2D eigenvalue weighted by atomic mass is 10.0. The molecule has 1 aliphatic heterocycles. The molecule has 8 heteroatoms. The lowest BCUT2D eigenvalue weighted by molar-refractivity contribution is 0.0715. The summed E-state index contributed by atoms with van der Waals surface area (Å²) in [6.07, 6.45) is 1.49. The second-order valence-electron chi connectivity index (χ2n) is 8.37. The van der Waals surface area contributed by atoms with Crippen LogP contribution in [-0.2, 0) is 6.54 Å². The van der Waals surface area contributed by atoms with Crippen LogP contribution >= 0.6 is 0 Å². The molecule has 2 aromatic heterocycles. The lowest BCUT2D eigenvalue weighted by Gasteiger charge is -2.36. The van der Waals surface area contributed by atoms with E-state index in [0.29, 0.717) is 50.7 Å².